The van der Waals surface area contributed by atoms with E-state index < -0.39 is 4.33 Å². The molecular formula is C7H11Cl3. The number of halogens is 3. The topological polar surface area (TPSA) is 0 Å². The Hall–Kier alpha value is 0.610. The molecule has 10 heavy (non-hydrogen) atoms. The third-order valence-electron chi connectivity index (χ3n) is 0.928. The average molecular weight is 202 g/mol. The Bertz CT molecular complexity index is 123. The fraction of sp³-hybridized carbons (Fsp3) is 0.714. The van der Waals surface area contributed by atoms with E-state index in [-0.39, 0.29) is 0 Å². The summed E-state index contributed by atoms with van der Waals surface area (Å²) in [5.41, 5.74) is 1.11. The summed E-state index contributed by atoms with van der Waals surface area (Å²) in [6.07, 6.45) is 2.39. The van der Waals surface area contributed by atoms with Gasteiger partial charge in [0.2, 0.25) is 0 Å². The van der Waals surface area contributed by atoms with Gasteiger partial charge in [-0.25, -0.2) is 0 Å². The molecule has 0 nitrogen and oxygen atoms in total. The van der Waals surface area contributed by atoms with Crippen LogP contribution in [0.3, 0.4) is 0 Å². The van der Waals surface area contributed by atoms with Crippen molar-refractivity contribution in [3.8, 4) is 0 Å². The van der Waals surface area contributed by atoms with E-state index in [1.807, 2.05) is 13.8 Å². The van der Waals surface area contributed by atoms with Crippen molar-refractivity contribution in [1.82, 2.24) is 0 Å². The minimum Gasteiger partial charge on any atom is -0.127 e. The summed E-state index contributed by atoms with van der Waals surface area (Å²) >= 11 is 17.1. The molecule has 0 aromatic rings. The summed E-state index contributed by atoms with van der Waals surface area (Å²) in [6, 6.07) is 0. The molecule has 0 fully saturated rings. The molecule has 0 heterocycles. The lowest BCUT2D eigenvalue weighted by Crippen LogP contribution is -2.09. The van der Waals surface area contributed by atoms with Crippen LogP contribution in [0.1, 0.15) is 20.3 Å². The number of alkyl halides is 3. The third kappa shape index (κ3) is 5.40. The van der Waals surface area contributed by atoms with Gasteiger partial charge in [0.05, 0.1) is 0 Å². The maximum absolute atomic E-state index is 5.84. The van der Waals surface area contributed by atoms with Crippen molar-refractivity contribution in [2.24, 2.45) is 0 Å². The summed E-state index contributed by atoms with van der Waals surface area (Å²) < 4.78 is -0.777. The predicted octanol–water partition coefficient (Wildman–Crippen LogP) is 3.76. The second-order valence-electron chi connectivity index (χ2n) is 2.42. The normalized spacial score (nSPS) is 11.3. The highest BCUT2D eigenvalue weighted by Gasteiger charge is 2.18. The van der Waals surface area contributed by atoms with E-state index in [1.165, 1.54) is 0 Å². The molecule has 60 valence electrons. The predicted molar refractivity (Wildman–Crippen MR) is 49.2 cm³/mol. The van der Waals surface area contributed by atoms with Gasteiger partial charge in [0.15, 0.2) is 0 Å². The summed E-state index contributed by atoms with van der Waals surface area (Å²) in [5, 5.41) is 0. The summed E-state index contributed by atoms with van der Waals surface area (Å²) in [6.45, 7) is 3.90. The Morgan fingerprint density at radius 1 is 1.40 bits per heavy atom. The lowest BCUT2D eigenvalue weighted by atomic mass is 10.2. The molecule has 0 bridgehead atoms. The van der Waals surface area contributed by atoms with Crippen molar-refractivity contribution in [3.05, 3.63) is 11.6 Å². The van der Waals surface area contributed by atoms with Crippen LogP contribution in [-0.4, -0.2) is 10.2 Å². The van der Waals surface area contributed by atoms with Crippen molar-refractivity contribution in [3.63, 3.8) is 0 Å². The highest BCUT2D eigenvalue weighted by atomic mass is 35.5. The van der Waals surface area contributed by atoms with Gasteiger partial charge in [-0.3, -0.25) is 0 Å². The highest BCUT2D eigenvalue weighted by molar-refractivity contribution is 6.50. The summed E-state index contributed by atoms with van der Waals surface area (Å²) in [5.74, 6) is 0.483. The van der Waals surface area contributed by atoms with Crippen molar-refractivity contribution in [2.45, 2.75) is 24.6 Å². The van der Waals surface area contributed by atoms with Gasteiger partial charge in [-0.05, 0) is 20.3 Å². The molecular weight excluding hydrogens is 190 g/mol. The van der Waals surface area contributed by atoms with Gasteiger partial charge < -0.3 is 0 Å². The monoisotopic (exact) mass is 200 g/mol. The smallest absolute Gasteiger partial charge is 0.127 e. The number of hydrogen-bond donors (Lipinski definition) is 0. The van der Waals surface area contributed by atoms with E-state index in [0.717, 1.165) is 5.57 Å². The van der Waals surface area contributed by atoms with Gasteiger partial charge in [-0.1, -0.05) is 34.9 Å². The molecule has 0 unspecified atom stereocenters. The van der Waals surface area contributed by atoms with E-state index in [2.05, 4.69) is 0 Å². The van der Waals surface area contributed by atoms with E-state index in [1.54, 1.807) is 6.08 Å². The second-order valence-corrected chi connectivity index (χ2v) is 4.34. The SMILES string of the molecule is CC(C)=CC(Cl)(Cl)CCCl. The van der Waals surface area contributed by atoms with Gasteiger partial charge in [0.1, 0.15) is 4.33 Å². The largest absolute Gasteiger partial charge is 0.137 e. The maximum Gasteiger partial charge on any atom is 0.137 e. The molecule has 0 saturated carbocycles. The van der Waals surface area contributed by atoms with E-state index in [0.29, 0.717) is 12.3 Å². The first kappa shape index (κ1) is 10.6. The minimum atomic E-state index is -0.777. The molecule has 0 spiro atoms. The van der Waals surface area contributed by atoms with Crippen molar-refractivity contribution in [2.75, 3.05) is 5.88 Å². The molecule has 0 aliphatic carbocycles. The molecule has 0 aromatic carbocycles. The van der Waals surface area contributed by atoms with Gasteiger partial charge in [-0.15, -0.1) is 11.6 Å². The lowest BCUT2D eigenvalue weighted by Gasteiger charge is -2.12. The number of hydrogen-bond acceptors (Lipinski definition) is 0. The standard InChI is InChI=1S/C7H11Cl3/c1-6(2)5-7(9,10)3-4-8/h5H,3-4H2,1-2H3. The Morgan fingerprint density at radius 3 is 2.20 bits per heavy atom. The van der Waals surface area contributed by atoms with Crippen LogP contribution >= 0.6 is 34.8 Å². The van der Waals surface area contributed by atoms with Crippen molar-refractivity contribution in [1.29, 1.82) is 0 Å². The summed E-state index contributed by atoms with van der Waals surface area (Å²) in [7, 11) is 0. The lowest BCUT2D eigenvalue weighted by molar-refractivity contribution is 0.894. The van der Waals surface area contributed by atoms with Crippen LogP contribution < -0.4 is 0 Å². The van der Waals surface area contributed by atoms with Gasteiger partial charge in [-0.2, -0.15) is 0 Å². The zero-order chi connectivity index (χ0) is 8.20. The molecule has 0 aliphatic rings. The van der Waals surface area contributed by atoms with Crippen LogP contribution in [-0.2, 0) is 0 Å². The molecule has 0 amide bonds. The molecule has 0 aromatic heterocycles. The van der Waals surface area contributed by atoms with E-state index in [9.17, 15) is 0 Å². The Labute approximate surface area is 77.1 Å². The minimum absolute atomic E-state index is 0.483. The van der Waals surface area contributed by atoms with Crippen molar-refractivity contribution >= 4 is 34.8 Å². The Balaban J connectivity index is 3.98. The van der Waals surface area contributed by atoms with E-state index >= 15 is 0 Å². The summed E-state index contributed by atoms with van der Waals surface area (Å²) in [4.78, 5) is 0. The van der Waals surface area contributed by atoms with Crippen LogP contribution in [0.4, 0.5) is 0 Å². The van der Waals surface area contributed by atoms with Gasteiger partial charge >= 0.3 is 0 Å². The maximum atomic E-state index is 5.84. The quantitative estimate of drug-likeness (QED) is 0.482. The van der Waals surface area contributed by atoms with Crippen LogP contribution in [0, 0.1) is 0 Å². The molecule has 0 rings (SSSR count). The van der Waals surface area contributed by atoms with Gasteiger partial charge in [0.25, 0.3) is 0 Å². The van der Waals surface area contributed by atoms with Crippen LogP contribution in [0.25, 0.3) is 0 Å². The number of allylic oxidation sites excluding steroid dienone is 2. The van der Waals surface area contributed by atoms with Crippen molar-refractivity contribution < 1.29 is 0 Å². The molecule has 0 radical (unpaired) electrons. The van der Waals surface area contributed by atoms with Crippen LogP contribution in [0.2, 0.25) is 0 Å². The zero-order valence-electron chi connectivity index (χ0n) is 6.13. The fourth-order valence-corrected chi connectivity index (χ4v) is 1.74. The molecule has 0 N–H and O–H groups in total. The highest BCUT2D eigenvalue weighted by Crippen LogP contribution is 2.28. The third-order valence-corrected chi connectivity index (χ3v) is 1.71. The Morgan fingerprint density at radius 2 is 1.90 bits per heavy atom. The van der Waals surface area contributed by atoms with Crippen LogP contribution in [0.15, 0.2) is 11.6 Å². The van der Waals surface area contributed by atoms with E-state index in [4.69, 9.17) is 34.8 Å². The van der Waals surface area contributed by atoms with Crippen LogP contribution in [0.5, 0.6) is 0 Å². The number of rotatable bonds is 3. The first-order chi connectivity index (χ1) is 4.48. The molecule has 0 atom stereocenters. The fourth-order valence-electron chi connectivity index (χ4n) is 0.620. The first-order valence-corrected chi connectivity index (χ1v) is 4.37. The second kappa shape index (κ2) is 4.48. The molecule has 0 saturated heterocycles. The molecule has 3 heteroatoms. The Kier molecular flexibility index (Phi) is 4.75. The zero-order valence-corrected chi connectivity index (χ0v) is 8.39. The van der Waals surface area contributed by atoms with Gasteiger partial charge in [0, 0.05) is 5.88 Å². The first-order valence-electron chi connectivity index (χ1n) is 3.08. The average Bonchev–Trinajstić information content (AvgIpc) is 1.59. The molecule has 0 aliphatic heterocycles.